The molecule has 0 aromatic heterocycles. The number of amides is 4. The molecule has 0 aliphatic rings. The molecule has 0 bridgehead atoms. The maximum atomic E-state index is 12.7. The van der Waals surface area contributed by atoms with Crippen LogP contribution in [-0.4, -0.2) is 101 Å². The van der Waals surface area contributed by atoms with E-state index in [1.54, 1.807) is 0 Å². The van der Waals surface area contributed by atoms with Gasteiger partial charge in [-0.15, -0.1) is 0 Å². The number of guanidine groups is 1. The highest BCUT2D eigenvalue weighted by atomic mass is 16.4. The molecule has 0 rings (SSSR count). The molecule has 0 saturated heterocycles. The van der Waals surface area contributed by atoms with E-state index in [9.17, 15) is 28.8 Å². The number of carboxylic acids is 2. The van der Waals surface area contributed by atoms with Gasteiger partial charge in [0, 0.05) is 6.54 Å². The maximum absolute atomic E-state index is 12.7. The predicted octanol–water partition coefficient (Wildman–Crippen LogP) is -4.25. The number of hydrogen-bond acceptors (Lipinski definition) is 9. The Morgan fingerprint density at radius 2 is 1.47 bits per heavy atom. The third-order valence-electron chi connectivity index (χ3n) is 4.93. The van der Waals surface area contributed by atoms with Gasteiger partial charge in [-0.1, -0.05) is 13.8 Å². The molecule has 38 heavy (non-hydrogen) atoms. The van der Waals surface area contributed by atoms with Crippen molar-refractivity contribution in [3.8, 4) is 0 Å². The number of carbonyl (C=O) groups excluding carboxylic acids is 4. The lowest BCUT2D eigenvalue weighted by atomic mass is 10.0. The zero-order valence-corrected chi connectivity index (χ0v) is 21.3. The second-order valence-electron chi connectivity index (χ2n) is 8.80. The summed E-state index contributed by atoms with van der Waals surface area (Å²) in [7, 11) is 0. The molecule has 0 spiro atoms. The van der Waals surface area contributed by atoms with Crippen molar-refractivity contribution in [2.24, 2.45) is 17.4 Å². The third-order valence-corrected chi connectivity index (χ3v) is 4.93. The predicted molar refractivity (Wildman–Crippen MR) is 132 cm³/mol. The standard InChI is InChI=1S/C21H38N8O9/c1-10(2)6-11(22)17(34)28-12(4-3-5-25-21(23)24)18(35)26-8-15(31)27-13(7-16(32)33)19(36)29-14(9-30)20(37)38/h10-14,30H,3-9,22H2,1-2H3,(H,26,35)(H,27,31)(H,28,34)(H,29,36)(H,32,33)(H,37,38)(H4,23,24,25)/t11-,12-,13-,14-/m0/s1. The minimum atomic E-state index is -1.72. The van der Waals surface area contributed by atoms with Gasteiger partial charge in [0.15, 0.2) is 5.96 Å². The second-order valence-corrected chi connectivity index (χ2v) is 8.80. The molecule has 17 heteroatoms. The van der Waals surface area contributed by atoms with E-state index < -0.39 is 79.3 Å². The highest BCUT2D eigenvalue weighted by molar-refractivity contribution is 5.95. The summed E-state index contributed by atoms with van der Waals surface area (Å²) in [5.41, 5.74) is 11.1. The Hall–Kier alpha value is -3.99. The van der Waals surface area contributed by atoms with Crippen LogP contribution in [0.4, 0.5) is 0 Å². The third kappa shape index (κ3) is 14.5. The van der Waals surface area contributed by atoms with Crippen LogP contribution >= 0.6 is 0 Å². The molecule has 216 valence electrons. The lowest BCUT2D eigenvalue weighted by molar-refractivity contribution is -0.144. The molecule has 17 nitrogen and oxygen atoms in total. The van der Waals surface area contributed by atoms with Gasteiger partial charge in [-0.05, 0) is 25.2 Å². The van der Waals surface area contributed by atoms with Crippen molar-refractivity contribution in [3.05, 3.63) is 0 Å². The fourth-order valence-corrected chi connectivity index (χ4v) is 3.07. The first-order chi connectivity index (χ1) is 17.7. The highest BCUT2D eigenvalue weighted by Crippen LogP contribution is 2.05. The molecular weight excluding hydrogens is 508 g/mol. The molecule has 0 radical (unpaired) electrons. The zero-order valence-electron chi connectivity index (χ0n) is 21.3. The monoisotopic (exact) mass is 546 g/mol. The number of rotatable bonds is 18. The highest BCUT2D eigenvalue weighted by Gasteiger charge is 2.29. The number of carboxylic acid groups (broad SMARTS) is 2. The number of nitrogens with two attached hydrogens (primary N) is 2. The summed E-state index contributed by atoms with van der Waals surface area (Å²) in [6.45, 7) is 2.28. The molecule has 4 amide bonds. The zero-order chi connectivity index (χ0) is 29.4. The molecule has 0 aromatic carbocycles. The average molecular weight is 547 g/mol. The summed E-state index contributed by atoms with van der Waals surface area (Å²) in [5.74, 6) is -6.72. The number of aliphatic hydroxyl groups excluding tert-OH is 1. The Kier molecular flexibility index (Phi) is 15.6. The molecule has 0 unspecified atom stereocenters. The van der Waals surface area contributed by atoms with Crippen LogP contribution in [0.5, 0.6) is 0 Å². The fraction of sp³-hybridized carbons (Fsp3) is 0.667. The summed E-state index contributed by atoms with van der Waals surface area (Å²) in [4.78, 5) is 71.8. The van der Waals surface area contributed by atoms with Gasteiger partial charge in [0.25, 0.3) is 0 Å². The molecule has 0 aliphatic carbocycles. The van der Waals surface area contributed by atoms with Gasteiger partial charge in [0.2, 0.25) is 23.6 Å². The van der Waals surface area contributed by atoms with E-state index >= 15 is 0 Å². The molecule has 0 fully saturated rings. The minimum Gasteiger partial charge on any atom is -0.481 e. The largest absolute Gasteiger partial charge is 0.481 e. The number of aliphatic hydroxyl groups is 1. The van der Waals surface area contributed by atoms with Gasteiger partial charge < -0.3 is 53.4 Å². The van der Waals surface area contributed by atoms with E-state index in [1.807, 2.05) is 19.2 Å². The molecule has 13 N–H and O–H groups in total. The average Bonchev–Trinajstić information content (AvgIpc) is 2.80. The Balaban J connectivity index is 5.23. The van der Waals surface area contributed by atoms with E-state index in [1.165, 1.54) is 0 Å². The fourth-order valence-electron chi connectivity index (χ4n) is 3.07. The van der Waals surface area contributed by atoms with Gasteiger partial charge in [0.05, 0.1) is 25.6 Å². The summed E-state index contributed by atoms with van der Waals surface area (Å²) in [6.07, 6.45) is -0.144. The van der Waals surface area contributed by atoms with Crippen molar-refractivity contribution in [1.82, 2.24) is 26.6 Å². The summed E-state index contributed by atoms with van der Waals surface area (Å²) < 4.78 is 0. The van der Waals surface area contributed by atoms with Crippen LogP contribution in [0.3, 0.4) is 0 Å². The summed E-state index contributed by atoms with van der Waals surface area (Å²) >= 11 is 0. The van der Waals surface area contributed by atoms with Crippen LogP contribution in [0, 0.1) is 11.3 Å². The maximum Gasteiger partial charge on any atom is 0.328 e. The number of aliphatic carboxylic acids is 2. The Bertz CT molecular complexity index is 868. The smallest absolute Gasteiger partial charge is 0.328 e. The first-order valence-corrected chi connectivity index (χ1v) is 11.7. The SMILES string of the molecule is CC(C)C[C@H](N)C(=O)N[C@@H](CCCNC(=N)N)C(=O)NCC(=O)N[C@@H](CC(=O)O)C(=O)N[C@@H](CO)C(=O)O. The van der Waals surface area contributed by atoms with Crippen LogP contribution in [0.2, 0.25) is 0 Å². The quantitative estimate of drug-likeness (QED) is 0.0442. The number of carbonyl (C=O) groups is 6. The Morgan fingerprint density at radius 1 is 0.868 bits per heavy atom. The normalized spacial score (nSPS) is 13.8. The first-order valence-electron chi connectivity index (χ1n) is 11.7. The van der Waals surface area contributed by atoms with Crippen LogP contribution in [-0.2, 0) is 28.8 Å². The van der Waals surface area contributed by atoms with Gasteiger partial charge in [0.1, 0.15) is 18.1 Å². The Morgan fingerprint density at radius 3 is 1.97 bits per heavy atom. The minimum absolute atomic E-state index is 0.0929. The molecule has 0 heterocycles. The number of nitrogens with one attached hydrogen (secondary N) is 6. The van der Waals surface area contributed by atoms with Crippen molar-refractivity contribution in [2.45, 2.75) is 63.7 Å². The van der Waals surface area contributed by atoms with Crippen molar-refractivity contribution in [1.29, 1.82) is 5.41 Å². The summed E-state index contributed by atoms with van der Waals surface area (Å²) in [5, 5.41) is 45.5. The van der Waals surface area contributed by atoms with Gasteiger partial charge in [-0.2, -0.15) is 0 Å². The second kappa shape index (κ2) is 17.5. The molecule has 0 aromatic rings. The van der Waals surface area contributed by atoms with Crippen molar-refractivity contribution in [3.63, 3.8) is 0 Å². The van der Waals surface area contributed by atoms with E-state index in [2.05, 4.69) is 21.3 Å². The topological polar surface area (TPSA) is 299 Å². The first kappa shape index (κ1) is 34.0. The van der Waals surface area contributed by atoms with Crippen LogP contribution in [0.15, 0.2) is 0 Å². The van der Waals surface area contributed by atoms with Gasteiger partial charge >= 0.3 is 11.9 Å². The van der Waals surface area contributed by atoms with Crippen LogP contribution in [0.25, 0.3) is 0 Å². The molecule has 0 saturated carbocycles. The molecule has 0 aliphatic heterocycles. The van der Waals surface area contributed by atoms with Gasteiger partial charge in [-0.25, -0.2) is 4.79 Å². The lowest BCUT2D eigenvalue weighted by Gasteiger charge is -2.22. The number of hydrogen-bond donors (Lipinski definition) is 11. The van der Waals surface area contributed by atoms with E-state index in [0.717, 1.165) is 0 Å². The lowest BCUT2D eigenvalue weighted by Crippen LogP contribution is -2.56. The van der Waals surface area contributed by atoms with Crippen molar-refractivity contribution in [2.75, 3.05) is 19.7 Å². The molecule has 4 atom stereocenters. The summed E-state index contributed by atoms with van der Waals surface area (Å²) in [6, 6.07) is -5.42. The van der Waals surface area contributed by atoms with Gasteiger partial charge in [-0.3, -0.25) is 29.4 Å². The van der Waals surface area contributed by atoms with Crippen LogP contribution < -0.4 is 38.1 Å². The van der Waals surface area contributed by atoms with Crippen LogP contribution in [0.1, 0.15) is 39.5 Å². The Labute approximate surface area is 219 Å². The van der Waals surface area contributed by atoms with E-state index in [-0.39, 0.29) is 24.8 Å². The van der Waals surface area contributed by atoms with E-state index in [0.29, 0.717) is 12.8 Å². The van der Waals surface area contributed by atoms with E-state index in [4.69, 9.17) is 32.2 Å². The molecular formula is C21H38N8O9. The van der Waals surface area contributed by atoms with Crippen molar-refractivity contribution < 1.29 is 44.1 Å². The van der Waals surface area contributed by atoms with Crippen molar-refractivity contribution >= 4 is 41.5 Å².